The molecule has 0 aliphatic carbocycles. The molecule has 1 heterocycles. The van der Waals surface area contributed by atoms with E-state index in [-0.39, 0.29) is 38.4 Å². The Morgan fingerprint density at radius 2 is 1.58 bits per heavy atom. The molecule has 1 atom stereocenters. The van der Waals surface area contributed by atoms with Gasteiger partial charge in [-0.1, -0.05) is 48.5 Å². The molecule has 160 valence electrons. The zero-order valence-corrected chi connectivity index (χ0v) is 17.1. The molecule has 0 bridgehead atoms. The van der Waals surface area contributed by atoms with E-state index in [1.54, 1.807) is 35.2 Å². The van der Waals surface area contributed by atoms with Gasteiger partial charge < -0.3 is 19.8 Å². The highest BCUT2D eigenvalue weighted by molar-refractivity contribution is 5.98. The van der Waals surface area contributed by atoms with E-state index in [2.05, 4.69) is 0 Å². The van der Waals surface area contributed by atoms with E-state index < -0.39 is 17.5 Å². The normalized spacial score (nSPS) is 16.6. The molecule has 1 aliphatic heterocycles. The van der Waals surface area contributed by atoms with Crippen LogP contribution in [0.4, 0.5) is 0 Å². The number of fused-ring (bicyclic) bond motifs is 1. The summed E-state index contributed by atoms with van der Waals surface area (Å²) in [5, 5.41) is 22.9. The third-order valence-corrected chi connectivity index (χ3v) is 6.02. The van der Waals surface area contributed by atoms with E-state index in [4.69, 9.17) is 4.74 Å². The second-order valence-electron chi connectivity index (χ2n) is 7.97. The molecule has 1 fully saturated rings. The number of likely N-dealkylation sites (tertiary alicyclic amines) is 1. The highest BCUT2D eigenvalue weighted by atomic mass is 16.5. The molecule has 0 saturated carbocycles. The summed E-state index contributed by atoms with van der Waals surface area (Å²) in [5.74, 6) is -1.74. The lowest BCUT2D eigenvalue weighted by Gasteiger charge is -2.41. The number of ether oxygens (including phenoxy) is 1. The molecule has 3 aromatic rings. The first-order valence-electron chi connectivity index (χ1n) is 10.4. The van der Waals surface area contributed by atoms with Gasteiger partial charge in [-0.2, -0.15) is 0 Å². The second-order valence-corrected chi connectivity index (χ2v) is 7.97. The highest BCUT2D eigenvalue weighted by Crippen LogP contribution is 2.32. The van der Waals surface area contributed by atoms with E-state index in [1.807, 2.05) is 42.5 Å². The molecule has 1 amide bonds. The van der Waals surface area contributed by atoms with Gasteiger partial charge in [0.25, 0.3) is 5.91 Å². The highest BCUT2D eigenvalue weighted by Gasteiger charge is 2.45. The number of amides is 1. The summed E-state index contributed by atoms with van der Waals surface area (Å²) in [6, 6.07) is 22.4. The number of para-hydroxylation sites is 1. The number of carbonyl (C=O) groups is 2. The number of piperidine rings is 1. The van der Waals surface area contributed by atoms with E-state index in [1.165, 1.54) is 0 Å². The molecule has 0 aromatic heterocycles. The minimum atomic E-state index is -1.43. The molecule has 3 aromatic carbocycles. The van der Waals surface area contributed by atoms with Crippen LogP contribution < -0.4 is 4.74 Å². The summed E-state index contributed by atoms with van der Waals surface area (Å²) in [7, 11) is 0. The number of benzene rings is 3. The van der Waals surface area contributed by atoms with Crippen LogP contribution >= 0.6 is 0 Å². The van der Waals surface area contributed by atoms with E-state index in [0.29, 0.717) is 11.3 Å². The quantitative estimate of drug-likeness (QED) is 0.638. The van der Waals surface area contributed by atoms with Crippen molar-refractivity contribution in [1.82, 2.24) is 4.90 Å². The fraction of sp³-hybridized carbons (Fsp3) is 0.280. The van der Waals surface area contributed by atoms with Crippen LogP contribution in [0.5, 0.6) is 5.75 Å². The Labute approximate surface area is 180 Å². The topological polar surface area (TPSA) is 87.1 Å². The smallest absolute Gasteiger partial charge is 0.312 e. The summed E-state index contributed by atoms with van der Waals surface area (Å²) in [4.78, 5) is 26.5. The average Bonchev–Trinajstić information content (AvgIpc) is 2.79. The van der Waals surface area contributed by atoms with Crippen LogP contribution in [-0.4, -0.2) is 52.3 Å². The predicted molar refractivity (Wildman–Crippen MR) is 117 cm³/mol. The van der Waals surface area contributed by atoms with Crippen molar-refractivity contribution in [1.29, 1.82) is 0 Å². The number of nitrogens with zero attached hydrogens (tertiary/aromatic N) is 1. The predicted octanol–water partition coefficient (Wildman–Crippen LogP) is 3.59. The minimum absolute atomic E-state index is 0.111. The van der Waals surface area contributed by atoms with Crippen molar-refractivity contribution >= 4 is 22.6 Å². The van der Waals surface area contributed by atoms with Gasteiger partial charge in [0.1, 0.15) is 18.3 Å². The van der Waals surface area contributed by atoms with Crippen LogP contribution in [-0.2, 0) is 4.79 Å². The lowest BCUT2D eigenvalue weighted by molar-refractivity contribution is -0.158. The molecule has 1 saturated heterocycles. The van der Waals surface area contributed by atoms with Gasteiger partial charge in [0, 0.05) is 18.7 Å². The van der Waals surface area contributed by atoms with Crippen molar-refractivity contribution in [2.75, 3.05) is 19.7 Å². The van der Waals surface area contributed by atoms with Gasteiger partial charge in [0.2, 0.25) is 0 Å². The van der Waals surface area contributed by atoms with Gasteiger partial charge >= 0.3 is 5.97 Å². The van der Waals surface area contributed by atoms with Gasteiger partial charge in [0.15, 0.2) is 0 Å². The Morgan fingerprint density at radius 3 is 2.26 bits per heavy atom. The molecule has 6 nitrogen and oxygen atoms in total. The van der Waals surface area contributed by atoms with Gasteiger partial charge in [0.05, 0.1) is 5.60 Å². The molecular weight excluding hydrogens is 394 g/mol. The summed E-state index contributed by atoms with van der Waals surface area (Å²) in [6.07, 6.45) is 0.364. The molecule has 0 spiro atoms. The average molecular weight is 419 g/mol. The second kappa shape index (κ2) is 8.78. The summed E-state index contributed by atoms with van der Waals surface area (Å²) in [6.45, 7) is 0.447. The van der Waals surface area contributed by atoms with Crippen molar-refractivity contribution in [3.8, 4) is 5.75 Å². The van der Waals surface area contributed by atoms with Crippen molar-refractivity contribution in [3.63, 3.8) is 0 Å². The van der Waals surface area contributed by atoms with Gasteiger partial charge in [-0.15, -0.1) is 0 Å². The Morgan fingerprint density at radius 1 is 0.935 bits per heavy atom. The van der Waals surface area contributed by atoms with E-state index in [0.717, 1.165) is 10.8 Å². The lowest BCUT2D eigenvalue weighted by Crippen LogP contribution is -2.54. The standard InChI is InChI=1S/C25H25NO5/c27-23(20-11-10-18-6-4-5-7-19(18)16-20)26-14-12-25(30,13-15-26)22(24(28)29)17-31-21-8-2-1-3-9-21/h1-11,16,22,30H,12-15,17H2,(H,28,29). The number of rotatable bonds is 6. The molecule has 1 aliphatic rings. The Kier molecular flexibility index (Phi) is 5.91. The van der Waals surface area contributed by atoms with Gasteiger partial charge in [-0.3, -0.25) is 9.59 Å². The molecule has 31 heavy (non-hydrogen) atoms. The Bertz CT molecular complexity index is 1070. The maximum atomic E-state index is 13.0. The third-order valence-electron chi connectivity index (χ3n) is 6.02. The maximum Gasteiger partial charge on any atom is 0.312 e. The fourth-order valence-corrected chi connectivity index (χ4v) is 4.10. The molecule has 6 heteroatoms. The molecule has 4 rings (SSSR count). The van der Waals surface area contributed by atoms with Gasteiger partial charge in [-0.05, 0) is 47.9 Å². The molecular formula is C25H25NO5. The SMILES string of the molecule is O=C(O)C(COc1ccccc1)C1(O)CCN(C(=O)c2ccc3ccccc3c2)CC1. The monoisotopic (exact) mass is 419 g/mol. The van der Waals surface area contributed by atoms with Crippen molar-refractivity contribution in [2.45, 2.75) is 18.4 Å². The maximum absolute atomic E-state index is 13.0. The number of carboxylic acid groups (broad SMARTS) is 1. The minimum Gasteiger partial charge on any atom is -0.493 e. The lowest BCUT2D eigenvalue weighted by atomic mass is 9.79. The molecule has 0 radical (unpaired) electrons. The van der Waals surface area contributed by atoms with Crippen LogP contribution in [0.3, 0.4) is 0 Å². The third kappa shape index (κ3) is 4.54. The van der Waals surface area contributed by atoms with Crippen molar-refractivity contribution in [2.24, 2.45) is 5.92 Å². The van der Waals surface area contributed by atoms with Crippen LogP contribution in [0.25, 0.3) is 10.8 Å². The van der Waals surface area contributed by atoms with Crippen LogP contribution in [0.2, 0.25) is 0 Å². The molecule has 2 N–H and O–H groups in total. The summed E-state index contributed by atoms with van der Waals surface area (Å²) >= 11 is 0. The zero-order chi connectivity index (χ0) is 21.8. The van der Waals surface area contributed by atoms with Gasteiger partial charge in [-0.25, -0.2) is 0 Å². The van der Waals surface area contributed by atoms with Crippen LogP contribution in [0, 0.1) is 5.92 Å². The van der Waals surface area contributed by atoms with Crippen molar-refractivity contribution in [3.05, 3.63) is 78.4 Å². The number of hydrogen-bond donors (Lipinski definition) is 2. The summed E-state index contributed by atoms with van der Waals surface area (Å²) in [5.41, 5.74) is -0.841. The Balaban J connectivity index is 1.42. The zero-order valence-electron chi connectivity index (χ0n) is 17.1. The summed E-state index contributed by atoms with van der Waals surface area (Å²) < 4.78 is 5.61. The van der Waals surface area contributed by atoms with E-state index >= 15 is 0 Å². The van der Waals surface area contributed by atoms with Crippen LogP contribution in [0.15, 0.2) is 72.8 Å². The first-order chi connectivity index (χ1) is 15.0. The number of aliphatic carboxylic acids is 1. The van der Waals surface area contributed by atoms with E-state index in [9.17, 15) is 19.8 Å². The van der Waals surface area contributed by atoms with Crippen LogP contribution in [0.1, 0.15) is 23.2 Å². The number of hydrogen-bond acceptors (Lipinski definition) is 4. The first kappa shape index (κ1) is 20.9. The largest absolute Gasteiger partial charge is 0.493 e. The van der Waals surface area contributed by atoms with Crippen molar-refractivity contribution < 1.29 is 24.5 Å². The molecule has 1 unspecified atom stereocenters. The number of carbonyl (C=O) groups excluding carboxylic acids is 1. The Hall–Kier alpha value is -3.38. The number of carboxylic acids is 1. The fourth-order valence-electron chi connectivity index (χ4n) is 4.10. The number of aliphatic hydroxyl groups is 1. The first-order valence-corrected chi connectivity index (χ1v) is 10.4.